The molecule has 2 amide bonds. The van der Waals surface area contributed by atoms with Crippen LogP contribution in [0.5, 0.6) is 5.75 Å². The molecule has 132 valence electrons. The highest BCUT2D eigenvalue weighted by Gasteiger charge is 2.25. The second kappa shape index (κ2) is 7.88. The maximum absolute atomic E-state index is 12.9. The van der Waals surface area contributed by atoms with E-state index in [-0.39, 0.29) is 17.7 Å². The average Bonchev–Trinajstić information content (AvgIpc) is 2.81. The van der Waals surface area contributed by atoms with Gasteiger partial charge in [0.25, 0.3) is 5.91 Å². The van der Waals surface area contributed by atoms with Crippen LogP contribution in [0, 0.1) is 12.8 Å². The summed E-state index contributed by atoms with van der Waals surface area (Å²) in [5.41, 5.74) is 1.42. The molecular formula is C18H25ClN2O3. The van der Waals surface area contributed by atoms with E-state index < -0.39 is 0 Å². The highest BCUT2D eigenvalue weighted by atomic mass is 35.5. The number of methoxy groups -OCH3 is 1. The van der Waals surface area contributed by atoms with Gasteiger partial charge in [0.05, 0.1) is 12.1 Å². The lowest BCUT2D eigenvalue weighted by Crippen LogP contribution is -2.39. The average molecular weight is 353 g/mol. The lowest BCUT2D eigenvalue weighted by Gasteiger charge is -2.24. The van der Waals surface area contributed by atoms with E-state index in [1.165, 1.54) is 0 Å². The Morgan fingerprint density at radius 3 is 2.38 bits per heavy atom. The molecule has 1 aromatic rings. The molecule has 1 aromatic carbocycles. The molecule has 0 bridgehead atoms. The molecule has 1 aliphatic heterocycles. The number of ether oxygens (including phenoxy) is 1. The van der Waals surface area contributed by atoms with Gasteiger partial charge in [-0.25, -0.2) is 0 Å². The van der Waals surface area contributed by atoms with E-state index in [4.69, 9.17) is 16.3 Å². The molecule has 0 saturated carbocycles. The Morgan fingerprint density at radius 2 is 1.75 bits per heavy atom. The van der Waals surface area contributed by atoms with Crippen molar-refractivity contribution in [2.45, 2.75) is 27.2 Å². The van der Waals surface area contributed by atoms with Crippen LogP contribution in [0.1, 0.15) is 36.2 Å². The second-order valence-corrected chi connectivity index (χ2v) is 6.83. The van der Waals surface area contributed by atoms with Gasteiger partial charge in [-0.3, -0.25) is 9.59 Å². The van der Waals surface area contributed by atoms with E-state index in [2.05, 4.69) is 0 Å². The van der Waals surface area contributed by atoms with Gasteiger partial charge in [0, 0.05) is 37.7 Å². The SMILES string of the molecule is COc1cc(C)c(C(=O)N2CCCN(C(=O)C(C)C)CC2)cc1Cl. The van der Waals surface area contributed by atoms with E-state index in [1.54, 1.807) is 24.1 Å². The van der Waals surface area contributed by atoms with Crippen molar-refractivity contribution < 1.29 is 14.3 Å². The minimum Gasteiger partial charge on any atom is -0.495 e. The topological polar surface area (TPSA) is 49.9 Å². The zero-order valence-electron chi connectivity index (χ0n) is 14.8. The second-order valence-electron chi connectivity index (χ2n) is 6.43. The third-order valence-electron chi connectivity index (χ3n) is 4.32. The van der Waals surface area contributed by atoms with Gasteiger partial charge in [-0.1, -0.05) is 25.4 Å². The lowest BCUT2D eigenvalue weighted by atomic mass is 10.1. The number of hydrogen-bond donors (Lipinski definition) is 0. The van der Waals surface area contributed by atoms with Crippen molar-refractivity contribution in [1.29, 1.82) is 0 Å². The van der Waals surface area contributed by atoms with Crippen molar-refractivity contribution in [3.05, 3.63) is 28.3 Å². The Balaban J connectivity index is 2.13. The van der Waals surface area contributed by atoms with Crippen LogP contribution in [0.15, 0.2) is 12.1 Å². The largest absolute Gasteiger partial charge is 0.495 e. The summed E-state index contributed by atoms with van der Waals surface area (Å²) >= 11 is 6.17. The van der Waals surface area contributed by atoms with Gasteiger partial charge < -0.3 is 14.5 Å². The molecule has 1 heterocycles. The smallest absolute Gasteiger partial charge is 0.254 e. The Bertz CT molecular complexity index is 631. The van der Waals surface area contributed by atoms with Crippen molar-refractivity contribution in [3.63, 3.8) is 0 Å². The zero-order chi connectivity index (χ0) is 17.9. The maximum Gasteiger partial charge on any atom is 0.254 e. The number of carbonyl (C=O) groups excluding carboxylic acids is 2. The number of amides is 2. The fourth-order valence-corrected chi connectivity index (χ4v) is 3.16. The quantitative estimate of drug-likeness (QED) is 0.840. The first-order valence-electron chi connectivity index (χ1n) is 8.27. The van der Waals surface area contributed by atoms with Gasteiger partial charge in [0.2, 0.25) is 5.91 Å². The van der Waals surface area contributed by atoms with E-state index in [0.717, 1.165) is 12.0 Å². The summed E-state index contributed by atoms with van der Waals surface area (Å²) in [6, 6.07) is 3.45. The number of hydrogen-bond acceptors (Lipinski definition) is 3. The van der Waals surface area contributed by atoms with Crippen LogP contribution in [-0.2, 0) is 4.79 Å². The van der Waals surface area contributed by atoms with Gasteiger partial charge in [0.15, 0.2) is 0 Å². The van der Waals surface area contributed by atoms with Crippen LogP contribution in [0.4, 0.5) is 0 Å². The Hall–Kier alpha value is -1.75. The molecule has 1 saturated heterocycles. The van der Waals surface area contributed by atoms with Crippen molar-refractivity contribution >= 4 is 23.4 Å². The highest BCUT2D eigenvalue weighted by Crippen LogP contribution is 2.28. The number of aryl methyl sites for hydroxylation is 1. The molecule has 1 fully saturated rings. The molecular weight excluding hydrogens is 328 g/mol. The first-order chi connectivity index (χ1) is 11.3. The lowest BCUT2D eigenvalue weighted by molar-refractivity contribution is -0.134. The zero-order valence-corrected chi connectivity index (χ0v) is 15.5. The third-order valence-corrected chi connectivity index (χ3v) is 4.61. The molecule has 0 aromatic heterocycles. The predicted molar refractivity (Wildman–Crippen MR) is 94.7 cm³/mol. The molecule has 0 N–H and O–H groups in total. The minimum absolute atomic E-state index is 0.0186. The van der Waals surface area contributed by atoms with Crippen LogP contribution in [0.3, 0.4) is 0 Å². The van der Waals surface area contributed by atoms with Gasteiger partial charge >= 0.3 is 0 Å². The molecule has 0 spiro atoms. The van der Waals surface area contributed by atoms with Crippen molar-refractivity contribution in [3.8, 4) is 5.75 Å². The van der Waals surface area contributed by atoms with Crippen LogP contribution < -0.4 is 4.74 Å². The molecule has 2 rings (SSSR count). The van der Waals surface area contributed by atoms with Crippen molar-refractivity contribution in [1.82, 2.24) is 9.80 Å². The molecule has 1 aliphatic rings. The van der Waals surface area contributed by atoms with E-state index >= 15 is 0 Å². The highest BCUT2D eigenvalue weighted by molar-refractivity contribution is 6.32. The summed E-state index contributed by atoms with van der Waals surface area (Å²) in [5.74, 6) is 0.647. The first-order valence-corrected chi connectivity index (χ1v) is 8.65. The number of carbonyl (C=O) groups is 2. The third kappa shape index (κ3) is 4.01. The van der Waals surface area contributed by atoms with Crippen LogP contribution in [0.25, 0.3) is 0 Å². The summed E-state index contributed by atoms with van der Waals surface area (Å²) < 4.78 is 5.19. The molecule has 0 atom stereocenters. The molecule has 0 aliphatic carbocycles. The summed E-state index contributed by atoms with van der Waals surface area (Å²) in [6.07, 6.45) is 0.785. The summed E-state index contributed by atoms with van der Waals surface area (Å²) in [6.45, 7) is 8.13. The van der Waals surface area contributed by atoms with E-state index in [9.17, 15) is 9.59 Å². The molecule has 6 heteroatoms. The normalized spacial score (nSPS) is 15.4. The maximum atomic E-state index is 12.9. The number of benzene rings is 1. The standard InChI is InChI=1S/C18H25ClN2O3/c1-12(2)17(22)20-6-5-7-21(9-8-20)18(23)14-11-15(19)16(24-4)10-13(14)3/h10-12H,5-9H2,1-4H3. The van der Waals surface area contributed by atoms with Crippen molar-refractivity contribution in [2.75, 3.05) is 33.3 Å². The summed E-state index contributed by atoms with van der Waals surface area (Å²) in [5, 5.41) is 0.429. The summed E-state index contributed by atoms with van der Waals surface area (Å²) in [7, 11) is 1.55. The number of halogens is 1. The fourth-order valence-electron chi connectivity index (χ4n) is 2.92. The number of nitrogens with zero attached hydrogens (tertiary/aromatic N) is 2. The van der Waals surface area contributed by atoms with Gasteiger partial charge in [-0.15, -0.1) is 0 Å². The van der Waals surface area contributed by atoms with E-state index in [1.807, 2.05) is 25.7 Å². The van der Waals surface area contributed by atoms with E-state index in [0.29, 0.717) is 42.5 Å². The van der Waals surface area contributed by atoms with Gasteiger partial charge in [0.1, 0.15) is 5.75 Å². The minimum atomic E-state index is -0.0455. The molecule has 0 radical (unpaired) electrons. The van der Waals surface area contributed by atoms with Crippen molar-refractivity contribution in [2.24, 2.45) is 5.92 Å². The molecule has 0 unspecified atom stereocenters. The Labute approximate surface area is 148 Å². The number of rotatable bonds is 3. The Kier molecular flexibility index (Phi) is 6.10. The van der Waals surface area contributed by atoms with Gasteiger partial charge in [-0.05, 0) is 31.0 Å². The molecule has 5 nitrogen and oxygen atoms in total. The van der Waals surface area contributed by atoms with Crippen LogP contribution in [-0.4, -0.2) is 54.9 Å². The van der Waals surface area contributed by atoms with Crippen LogP contribution >= 0.6 is 11.6 Å². The fraction of sp³-hybridized carbons (Fsp3) is 0.556. The first kappa shape index (κ1) is 18.6. The van der Waals surface area contributed by atoms with Crippen LogP contribution in [0.2, 0.25) is 5.02 Å². The van der Waals surface area contributed by atoms with Gasteiger partial charge in [-0.2, -0.15) is 0 Å². The molecule has 24 heavy (non-hydrogen) atoms. The summed E-state index contributed by atoms with van der Waals surface area (Å²) in [4.78, 5) is 28.7. The monoisotopic (exact) mass is 352 g/mol. The Morgan fingerprint density at radius 1 is 1.12 bits per heavy atom. The predicted octanol–water partition coefficient (Wildman–Crippen LogP) is 2.99.